The lowest BCUT2D eigenvalue weighted by Crippen LogP contribution is -2.12. The number of rotatable bonds is 5. The maximum atomic E-state index is 11.3. The highest BCUT2D eigenvalue weighted by molar-refractivity contribution is 5.90. The zero-order valence-electron chi connectivity index (χ0n) is 12.1. The van der Waals surface area contributed by atoms with Gasteiger partial charge in [-0.2, -0.15) is 0 Å². The maximum Gasteiger partial charge on any atom is 0.224 e. The Kier molecular flexibility index (Phi) is 4.40. The number of nitrogens with one attached hydrogen (secondary N) is 2. The predicted molar refractivity (Wildman–Crippen MR) is 80.6 cm³/mol. The van der Waals surface area contributed by atoms with Crippen molar-refractivity contribution in [3.63, 3.8) is 0 Å². The highest BCUT2D eigenvalue weighted by atomic mass is 16.1. The fourth-order valence-electron chi connectivity index (χ4n) is 2.01. The molecule has 1 amide bonds. The molecule has 0 radical (unpaired) electrons. The summed E-state index contributed by atoms with van der Waals surface area (Å²) in [5, 5.41) is 6.21. The number of aromatic nitrogens is 2. The van der Waals surface area contributed by atoms with Crippen LogP contribution in [0, 0.1) is 0 Å². The van der Waals surface area contributed by atoms with Crippen molar-refractivity contribution in [1.82, 2.24) is 9.55 Å². The van der Waals surface area contributed by atoms with E-state index in [9.17, 15) is 4.79 Å². The molecule has 1 aromatic carbocycles. The first kappa shape index (κ1) is 14.1. The van der Waals surface area contributed by atoms with Crippen LogP contribution in [0.15, 0.2) is 36.7 Å². The van der Waals surface area contributed by atoms with Crippen LogP contribution >= 0.6 is 0 Å². The predicted octanol–water partition coefficient (Wildman–Crippen LogP) is 2.94. The van der Waals surface area contributed by atoms with E-state index in [0.29, 0.717) is 6.42 Å². The second kappa shape index (κ2) is 6.23. The van der Waals surface area contributed by atoms with Crippen LogP contribution in [0.4, 0.5) is 11.4 Å². The van der Waals surface area contributed by atoms with E-state index in [1.54, 1.807) is 6.20 Å². The third kappa shape index (κ3) is 3.38. The Morgan fingerprint density at radius 3 is 2.50 bits per heavy atom. The van der Waals surface area contributed by atoms with Crippen LogP contribution < -0.4 is 10.6 Å². The molecular formula is C15H20N4O. The van der Waals surface area contributed by atoms with Crippen molar-refractivity contribution in [2.45, 2.75) is 26.3 Å². The number of anilines is 2. The van der Waals surface area contributed by atoms with Crippen molar-refractivity contribution in [3.05, 3.63) is 42.5 Å². The third-order valence-corrected chi connectivity index (χ3v) is 3.12. The number of hydrogen-bond donors (Lipinski definition) is 2. The van der Waals surface area contributed by atoms with Crippen molar-refractivity contribution < 1.29 is 4.79 Å². The molecule has 1 aromatic heterocycles. The summed E-state index contributed by atoms with van der Waals surface area (Å²) in [7, 11) is 1.98. The molecule has 0 aliphatic heterocycles. The van der Waals surface area contributed by atoms with Crippen molar-refractivity contribution >= 4 is 17.3 Å². The Balaban J connectivity index is 2.00. The SMILES string of the molecule is CCC(=O)Nc1ccc(NC(C)c2nccn2C)cc1. The fourth-order valence-corrected chi connectivity index (χ4v) is 2.01. The quantitative estimate of drug-likeness (QED) is 0.879. The summed E-state index contributed by atoms with van der Waals surface area (Å²) in [6.45, 7) is 3.90. The molecule has 2 rings (SSSR count). The second-order valence-electron chi connectivity index (χ2n) is 4.74. The van der Waals surface area contributed by atoms with Crippen molar-refractivity contribution in [1.29, 1.82) is 0 Å². The molecule has 2 N–H and O–H groups in total. The monoisotopic (exact) mass is 272 g/mol. The van der Waals surface area contributed by atoms with Gasteiger partial charge in [-0.3, -0.25) is 4.79 Å². The molecule has 0 aliphatic carbocycles. The minimum absolute atomic E-state index is 0.0205. The van der Waals surface area contributed by atoms with Gasteiger partial charge in [0.1, 0.15) is 5.82 Å². The molecule has 0 fully saturated rings. The van der Waals surface area contributed by atoms with Crippen LogP contribution in [0.5, 0.6) is 0 Å². The molecular weight excluding hydrogens is 252 g/mol. The lowest BCUT2D eigenvalue weighted by atomic mass is 10.2. The van der Waals surface area contributed by atoms with E-state index in [2.05, 4.69) is 22.5 Å². The maximum absolute atomic E-state index is 11.3. The second-order valence-corrected chi connectivity index (χ2v) is 4.74. The number of amides is 1. The average Bonchev–Trinajstić information content (AvgIpc) is 2.87. The molecule has 20 heavy (non-hydrogen) atoms. The van der Waals surface area contributed by atoms with Gasteiger partial charge in [0.25, 0.3) is 0 Å². The molecule has 0 spiro atoms. The summed E-state index contributed by atoms with van der Waals surface area (Å²) >= 11 is 0. The summed E-state index contributed by atoms with van der Waals surface area (Å²) in [4.78, 5) is 15.6. The van der Waals surface area contributed by atoms with Crippen molar-refractivity contribution in [2.75, 3.05) is 10.6 Å². The van der Waals surface area contributed by atoms with Gasteiger partial charge in [-0.1, -0.05) is 6.92 Å². The van der Waals surface area contributed by atoms with Crippen LogP contribution in [0.3, 0.4) is 0 Å². The van der Waals surface area contributed by atoms with Gasteiger partial charge >= 0.3 is 0 Å². The standard InChI is InChI=1S/C15H20N4O/c1-4-14(20)18-13-7-5-12(6-8-13)17-11(2)15-16-9-10-19(15)3/h5-11,17H,4H2,1-3H3,(H,18,20). The van der Waals surface area contributed by atoms with Gasteiger partial charge in [0.15, 0.2) is 0 Å². The molecule has 5 heteroatoms. The van der Waals surface area contributed by atoms with E-state index in [1.807, 2.05) is 49.0 Å². The highest BCUT2D eigenvalue weighted by Crippen LogP contribution is 2.19. The van der Waals surface area contributed by atoms with Crippen molar-refractivity contribution in [3.8, 4) is 0 Å². The van der Waals surface area contributed by atoms with Crippen LogP contribution in [-0.2, 0) is 11.8 Å². The van der Waals surface area contributed by atoms with Crippen LogP contribution in [0.1, 0.15) is 32.1 Å². The summed E-state index contributed by atoms with van der Waals surface area (Å²) in [5.41, 5.74) is 1.81. The Morgan fingerprint density at radius 1 is 1.30 bits per heavy atom. The zero-order chi connectivity index (χ0) is 14.5. The molecule has 0 bridgehead atoms. The van der Waals surface area contributed by atoms with E-state index in [1.165, 1.54) is 0 Å². The highest BCUT2D eigenvalue weighted by Gasteiger charge is 2.09. The molecule has 0 aliphatic rings. The molecule has 1 atom stereocenters. The molecule has 5 nitrogen and oxygen atoms in total. The van der Waals surface area contributed by atoms with Gasteiger partial charge in [-0.05, 0) is 31.2 Å². The molecule has 2 aromatic rings. The Bertz CT molecular complexity index is 574. The van der Waals surface area contributed by atoms with Gasteiger partial charge in [-0.25, -0.2) is 4.98 Å². The van der Waals surface area contributed by atoms with Gasteiger partial charge in [0.2, 0.25) is 5.91 Å². The molecule has 1 unspecified atom stereocenters. The van der Waals surface area contributed by atoms with Gasteiger partial charge in [0, 0.05) is 37.2 Å². The summed E-state index contributed by atoms with van der Waals surface area (Å²) < 4.78 is 1.99. The first-order valence-corrected chi connectivity index (χ1v) is 6.74. The number of hydrogen-bond acceptors (Lipinski definition) is 3. The molecule has 106 valence electrons. The minimum atomic E-state index is 0.0205. The zero-order valence-corrected chi connectivity index (χ0v) is 12.1. The Labute approximate surface area is 119 Å². The number of carbonyl (C=O) groups excluding carboxylic acids is 1. The van der Waals surface area contributed by atoms with Crippen LogP contribution in [0.25, 0.3) is 0 Å². The van der Waals surface area contributed by atoms with E-state index in [-0.39, 0.29) is 11.9 Å². The lowest BCUT2D eigenvalue weighted by molar-refractivity contribution is -0.115. The summed E-state index contributed by atoms with van der Waals surface area (Å²) in [6.07, 6.45) is 4.20. The number of aryl methyl sites for hydroxylation is 1. The number of carbonyl (C=O) groups is 1. The number of benzene rings is 1. The van der Waals surface area contributed by atoms with Crippen LogP contribution in [-0.4, -0.2) is 15.5 Å². The normalized spacial score (nSPS) is 11.9. The molecule has 0 saturated heterocycles. The van der Waals surface area contributed by atoms with Gasteiger partial charge < -0.3 is 15.2 Å². The minimum Gasteiger partial charge on any atom is -0.375 e. The van der Waals surface area contributed by atoms with Gasteiger partial charge in [-0.15, -0.1) is 0 Å². The average molecular weight is 272 g/mol. The smallest absolute Gasteiger partial charge is 0.224 e. The summed E-state index contributed by atoms with van der Waals surface area (Å²) in [6, 6.07) is 7.79. The van der Waals surface area contributed by atoms with Crippen molar-refractivity contribution in [2.24, 2.45) is 7.05 Å². The Hall–Kier alpha value is -2.30. The topological polar surface area (TPSA) is 59.0 Å². The van der Waals surface area contributed by atoms with Gasteiger partial charge in [0.05, 0.1) is 6.04 Å². The first-order chi connectivity index (χ1) is 9.60. The van der Waals surface area contributed by atoms with E-state index < -0.39 is 0 Å². The van der Waals surface area contributed by atoms with E-state index in [0.717, 1.165) is 17.2 Å². The van der Waals surface area contributed by atoms with E-state index >= 15 is 0 Å². The number of nitrogens with zero attached hydrogens (tertiary/aromatic N) is 2. The first-order valence-electron chi connectivity index (χ1n) is 6.74. The largest absolute Gasteiger partial charge is 0.375 e. The number of imidazole rings is 1. The third-order valence-electron chi connectivity index (χ3n) is 3.12. The summed E-state index contributed by atoms with van der Waals surface area (Å²) in [5.74, 6) is 1.00. The van der Waals surface area contributed by atoms with Crippen LogP contribution in [0.2, 0.25) is 0 Å². The Morgan fingerprint density at radius 2 is 1.95 bits per heavy atom. The van der Waals surface area contributed by atoms with E-state index in [4.69, 9.17) is 0 Å². The lowest BCUT2D eigenvalue weighted by Gasteiger charge is -2.15. The molecule has 0 saturated carbocycles. The fraction of sp³-hybridized carbons (Fsp3) is 0.333. The molecule has 1 heterocycles.